The Hall–Kier alpha value is -1.19. The third kappa shape index (κ3) is 10.7. The third-order valence-electron chi connectivity index (χ3n) is 2.34. The quantitative estimate of drug-likeness (QED) is 0.389. The zero-order valence-corrected chi connectivity index (χ0v) is 12.8. The molecule has 0 fully saturated rings. The number of carbonyl (C=O) groups excluding carboxylic acids is 2. The van der Waals surface area contributed by atoms with Gasteiger partial charge in [0.15, 0.2) is 0 Å². The molecule has 9 heteroatoms. The van der Waals surface area contributed by atoms with E-state index in [1.165, 1.54) is 13.8 Å². The molecule has 0 rings (SSSR count). The van der Waals surface area contributed by atoms with Crippen LogP contribution in [-0.2, 0) is 33.4 Å². The fourth-order valence-corrected chi connectivity index (χ4v) is 1.95. The van der Waals surface area contributed by atoms with Gasteiger partial charge in [0.1, 0.15) is 13.2 Å². The Morgan fingerprint density at radius 2 is 1.40 bits per heavy atom. The Morgan fingerprint density at radius 3 is 1.75 bits per heavy atom. The van der Waals surface area contributed by atoms with Gasteiger partial charge in [-0.2, -0.15) is 8.42 Å². The largest absolute Gasteiger partial charge is 0.465 e. The Morgan fingerprint density at radius 1 is 0.950 bits per heavy atom. The molecule has 0 heterocycles. The van der Waals surface area contributed by atoms with E-state index in [2.05, 4.69) is 4.18 Å². The maximum Gasteiger partial charge on any atom is 0.302 e. The highest BCUT2D eigenvalue weighted by molar-refractivity contribution is 7.86. The van der Waals surface area contributed by atoms with Crippen LogP contribution in [0.15, 0.2) is 0 Å². The minimum Gasteiger partial charge on any atom is -0.465 e. The van der Waals surface area contributed by atoms with Gasteiger partial charge in [-0.05, 0) is 0 Å². The first kappa shape index (κ1) is 18.8. The van der Waals surface area contributed by atoms with Crippen LogP contribution in [0.3, 0.4) is 0 Å². The summed E-state index contributed by atoms with van der Waals surface area (Å²) in [5, 5.41) is 0. The first-order valence-corrected chi connectivity index (χ1v) is 7.62. The monoisotopic (exact) mass is 311 g/mol. The van der Waals surface area contributed by atoms with Crippen LogP contribution in [-0.4, -0.2) is 71.0 Å². The molecule has 0 aromatic carbocycles. The topological polar surface area (TPSA) is 99.2 Å². The van der Waals surface area contributed by atoms with Crippen molar-refractivity contribution < 1.29 is 31.7 Å². The lowest BCUT2D eigenvalue weighted by Gasteiger charge is -2.21. The van der Waals surface area contributed by atoms with Crippen LogP contribution in [0.4, 0.5) is 0 Å². The van der Waals surface area contributed by atoms with Crippen molar-refractivity contribution in [1.29, 1.82) is 0 Å². The van der Waals surface area contributed by atoms with Crippen LogP contribution in [0, 0.1) is 0 Å². The highest BCUT2D eigenvalue weighted by Gasteiger charge is 2.13. The van der Waals surface area contributed by atoms with Crippen LogP contribution in [0.1, 0.15) is 13.8 Å². The molecule has 0 spiro atoms. The number of nitrogens with zero attached hydrogens (tertiary/aromatic N) is 1. The maximum absolute atomic E-state index is 11.2. The predicted octanol–water partition coefficient (Wildman–Crippen LogP) is -0.609. The van der Waals surface area contributed by atoms with E-state index in [-0.39, 0.29) is 25.5 Å². The standard InChI is InChI=1S/C11H21NO7S/c1-10(13)18-7-4-12(5-8-19-11(2)14)6-9-20(15,16)17-3/h4-9H2,1-3H3. The van der Waals surface area contributed by atoms with Gasteiger partial charge >= 0.3 is 11.9 Å². The summed E-state index contributed by atoms with van der Waals surface area (Å²) in [6.45, 7) is 3.75. The molecule has 0 atom stereocenters. The van der Waals surface area contributed by atoms with Crippen molar-refractivity contribution in [1.82, 2.24) is 4.90 Å². The number of esters is 2. The van der Waals surface area contributed by atoms with Crippen molar-refractivity contribution in [2.75, 3.05) is 45.7 Å². The van der Waals surface area contributed by atoms with Crippen molar-refractivity contribution in [3.05, 3.63) is 0 Å². The molecule has 0 aliphatic rings. The molecule has 0 N–H and O–H groups in total. The molecular formula is C11H21NO7S. The molecular weight excluding hydrogens is 290 g/mol. The van der Waals surface area contributed by atoms with E-state index in [9.17, 15) is 18.0 Å². The molecule has 0 aliphatic carbocycles. The summed E-state index contributed by atoms with van der Waals surface area (Å²) in [5.41, 5.74) is 0. The minimum atomic E-state index is -3.55. The maximum atomic E-state index is 11.2. The zero-order valence-electron chi connectivity index (χ0n) is 12.0. The Labute approximate surface area is 119 Å². The van der Waals surface area contributed by atoms with Crippen molar-refractivity contribution in [2.45, 2.75) is 13.8 Å². The summed E-state index contributed by atoms with van der Waals surface area (Å²) in [5.74, 6) is -1.01. The highest BCUT2D eigenvalue weighted by Crippen LogP contribution is 1.96. The van der Waals surface area contributed by atoms with Crippen molar-refractivity contribution in [3.8, 4) is 0 Å². The van der Waals surface area contributed by atoms with Crippen LogP contribution in [0.5, 0.6) is 0 Å². The summed E-state index contributed by atoms with van der Waals surface area (Å²) in [7, 11) is -2.46. The van der Waals surface area contributed by atoms with E-state index in [0.717, 1.165) is 7.11 Å². The van der Waals surface area contributed by atoms with Gasteiger partial charge in [-0.15, -0.1) is 0 Å². The van der Waals surface area contributed by atoms with E-state index < -0.39 is 22.1 Å². The number of hydrogen-bond acceptors (Lipinski definition) is 8. The molecule has 0 aliphatic heterocycles. The molecule has 8 nitrogen and oxygen atoms in total. The predicted molar refractivity (Wildman–Crippen MR) is 70.5 cm³/mol. The molecule has 0 aromatic rings. The van der Waals surface area contributed by atoms with Crippen molar-refractivity contribution >= 4 is 22.1 Å². The summed E-state index contributed by atoms with van der Waals surface area (Å²) in [4.78, 5) is 23.0. The molecule has 0 radical (unpaired) electrons. The number of rotatable bonds is 10. The van der Waals surface area contributed by atoms with E-state index in [1.54, 1.807) is 4.90 Å². The van der Waals surface area contributed by atoms with Crippen molar-refractivity contribution in [2.24, 2.45) is 0 Å². The average Bonchev–Trinajstić information content (AvgIpc) is 2.34. The first-order chi connectivity index (χ1) is 9.26. The van der Waals surface area contributed by atoms with Gasteiger partial charge in [-0.25, -0.2) is 0 Å². The van der Waals surface area contributed by atoms with Gasteiger partial charge in [0, 0.05) is 33.5 Å². The molecule has 118 valence electrons. The number of carbonyl (C=O) groups is 2. The average molecular weight is 311 g/mol. The minimum absolute atomic E-state index is 0.141. The van der Waals surface area contributed by atoms with Gasteiger partial charge in [0.25, 0.3) is 10.1 Å². The van der Waals surface area contributed by atoms with E-state index in [4.69, 9.17) is 9.47 Å². The highest BCUT2D eigenvalue weighted by atomic mass is 32.2. The smallest absolute Gasteiger partial charge is 0.302 e. The Bertz CT molecular complexity index is 387. The summed E-state index contributed by atoms with van der Waals surface area (Å²) in [6, 6.07) is 0. The van der Waals surface area contributed by atoms with Gasteiger partial charge in [-0.3, -0.25) is 18.7 Å². The third-order valence-corrected chi connectivity index (χ3v) is 3.53. The second-order valence-corrected chi connectivity index (χ2v) is 5.81. The number of hydrogen-bond donors (Lipinski definition) is 0. The molecule has 0 unspecified atom stereocenters. The van der Waals surface area contributed by atoms with Crippen molar-refractivity contribution in [3.63, 3.8) is 0 Å². The normalized spacial score (nSPS) is 11.4. The van der Waals surface area contributed by atoms with Gasteiger partial charge < -0.3 is 9.47 Å². The molecule has 20 heavy (non-hydrogen) atoms. The van der Waals surface area contributed by atoms with Crippen LogP contribution < -0.4 is 0 Å². The lowest BCUT2D eigenvalue weighted by atomic mass is 10.4. The summed E-state index contributed by atoms with van der Waals surface area (Å²) in [6.07, 6.45) is 0. The lowest BCUT2D eigenvalue weighted by molar-refractivity contribution is -0.141. The second-order valence-electron chi connectivity index (χ2n) is 3.95. The first-order valence-electron chi connectivity index (χ1n) is 6.04. The van der Waals surface area contributed by atoms with Crippen LogP contribution >= 0.6 is 0 Å². The Kier molecular flexibility index (Phi) is 9.10. The molecule has 0 saturated heterocycles. The molecule has 0 aromatic heterocycles. The van der Waals surface area contributed by atoms with Crippen LogP contribution in [0.25, 0.3) is 0 Å². The summed E-state index contributed by atoms with van der Waals surface area (Å²) < 4.78 is 36.4. The second kappa shape index (κ2) is 9.67. The van der Waals surface area contributed by atoms with E-state index in [0.29, 0.717) is 13.1 Å². The molecule has 0 amide bonds. The Balaban J connectivity index is 4.23. The van der Waals surface area contributed by atoms with Crippen LogP contribution in [0.2, 0.25) is 0 Å². The number of ether oxygens (including phenoxy) is 2. The van der Waals surface area contributed by atoms with Gasteiger partial charge in [0.2, 0.25) is 0 Å². The van der Waals surface area contributed by atoms with Gasteiger partial charge in [0.05, 0.1) is 12.9 Å². The molecule has 0 bridgehead atoms. The summed E-state index contributed by atoms with van der Waals surface area (Å²) >= 11 is 0. The van der Waals surface area contributed by atoms with E-state index in [1.807, 2.05) is 0 Å². The molecule has 0 saturated carbocycles. The fraction of sp³-hybridized carbons (Fsp3) is 0.818. The fourth-order valence-electron chi connectivity index (χ4n) is 1.30. The SMILES string of the molecule is COS(=O)(=O)CCN(CCOC(C)=O)CCOC(C)=O. The lowest BCUT2D eigenvalue weighted by Crippen LogP contribution is -2.35. The van der Waals surface area contributed by atoms with E-state index >= 15 is 0 Å². The zero-order chi connectivity index (χ0) is 15.6. The van der Waals surface area contributed by atoms with Gasteiger partial charge in [-0.1, -0.05) is 0 Å².